The molecule has 3 rings (SSSR count). The number of carbonyl (C=O) groups is 3. The number of carbonyl (C=O) groups excluding carboxylic acids is 2. The van der Waals surface area contributed by atoms with Crippen molar-refractivity contribution in [2.45, 2.75) is 14.1 Å². The molecule has 0 spiro atoms. The molecule has 120 valence electrons. The van der Waals surface area contributed by atoms with E-state index in [1.54, 1.807) is 0 Å². The number of rotatable bonds is 2. The molecule has 0 radical (unpaired) electrons. The minimum absolute atomic E-state index is 0.213. The Morgan fingerprint density at radius 2 is 1.36 bits per heavy atom. The van der Waals surface area contributed by atoms with Crippen LogP contribution in [0.5, 0.6) is 0 Å². The maximum Gasteiger partial charge on any atom is 0.323 e. The van der Waals surface area contributed by atoms with Crippen molar-refractivity contribution in [2.75, 3.05) is 6.54 Å². The Balaban J connectivity index is 2.21. The van der Waals surface area contributed by atoms with E-state index in [4.69, 9.17) is 74.7 Å². The van der Waals surface area contributed by atoms with Gasteiger partial charge < -0.3 is 5.11 Å². The van der Waals surface area contributed by atoms with Crippen LogP contribution in [-0.2, 0) is 14.4 Å². The summed E-state index contributed by atoms with van der Waals surface area (Å²) in [4.78, 5) is 32.5. The fourth-order valence-corrected chi connectivity index (χ4v) is 6.27. The largest absolute Gasteiger partial charge is 0.480 e. The second-order valence-electron chi connectivity index (χ2n) is 5.24. The summed E-state index contributed by atoms with van der Waals surface area (Å²) in [5, 5.41) is 8.40. The van der Waals surface area contributed by atoms with Gasteiger partial charge in [-0.05, 0) is 0 Å². The summed E-state index contributed by atoms with van der Waals surface area (Å²) < 4.78 is -2.01. The Labute approximate surface area is 154 Å². The van der Waals surface area contributed by atoms with Crippen LogP contribution >= 0.6 is 69.6 Å². The van der Waals surface area contributed by atoms with Gasteiger partial charge in [-0.15, -0.1) is 23.2 Å². The number of aliphatic carboxylic acids is 1. The second kappa shape index (κ2) is 4.58. The van der Waals surface area contributed by atoms with Crippen molar-refractivity contribution in [1.82, 2.24) is 4.90 Å². The highest BCUT2D eigenvalue weighted by atomic mass is 35.5. The third kappa shape index (κ3) is 1.49. The standard InChI is InChI=1S/C11H5Cl6NO4/c12-5-6(13)10(15)4-3(9(5,14)11(10,16)17)7(21)18(8(4)22)1-2(19)20/h3-4H,1H2,(H,19,20)/t3-,4-,9-,10-/m1/s1. The third-order valence-electron chi connectivity index (χ3n) is 4.29. The van der Waals surface area contributed by atoms with Crippen LogP contribution in [0.4, 0.5) is 0 Å². The van der Waals surface area contributed by atoms with Crippen molar-refractivity contribution in [3.63, 3.8) is 0 Å². The first-order valence-corrected chi connectivity index (χ1v) is 8.09. The average Bonchev–Trinajstić information content (AvgIpc) is 2.78. The topological polar surface area (TPSA) is 74.7 Å². The van der Waals surface area contributed by atoms with E-state index in [0.717, 1.165) is 0 Å². The molecule has 2 amide bonds. The molecular weight excluding hydrogens is 423 g/mol. The van der Waals surface area contributed by atoms with Gasteiger partial charge in [0, 0.05) is 0 Å². The molecule has 1 heterocycles. The molecule has 1 N–H and O–H groups in total. The molecule has 11 heteroatoms. The number of amides is 2. The smallest absolute Gasteiger partial charge is 0.323 e. The maximum atomic E-state index is 12.5. The lowest BCUT2D eigenvalue weighted by molar-refractivity contribution is -0.149. The van der Waals surface area contributed by atoms with Crippen molar-refractivity contribution < 1.29 is 19.5 Å². The molecule has 1 saturated heterocycles. The van der Waals surface area contributed by atoms with E-state index >= 15 is 0 Å². The number of halogens is 6. The van der Waals surface area contributed by atoms with Crippen LogP contribution in [-0.4, -0.2) is 48.4 Å². The molecule has 2 bridgehead atoms. The van der Waals surface area contributed by atoms with E-state index in [1.807, 2.05) is 0 Å². The highest BCUT2D eigenvalue weighted by molar-refractivity contribution is 6.66. The molecule has 0 unspecified atom stereocenters. The molecule has 3 aliphatic rings. The van der Waals surface area contributed by atoms with Gasteiger partial charge in [0.1, 0.15) is 16.3 Å². The Morgan fingerprint density at radius 1 is 1.00 bits per heavy atom. The van der Waals surface area contributed by atoms with Crippen molar-refractivity contribution in [1.29, 1.82) is 0 Å². The number of nitrogens with zero attached hydrogens (tertiary/aromatic N) is 1. The van der Waals surface area contributed by atoms with Crippen LogP contribution in [0.1, 0.15) is 0 Å². The van der Waals surface area contributed by atoms with Crippen LogP contribution in [0, 0.1) is 11.8 Å². The molecule has 1 saturated carbocycles. The lowest BCUT2D eigenvalue weighted by atomic mass is 9.84. The van der Waals surface area contributed by atoms with Gasteiger partial charge in [0.15, 0.2) is 4.33 Å². The number of fused-ring (bicyclic) bond motifs is 5. The summed E-state index contributed by atoms with van der Waals surface area (Å²) in [6, 6.07) is 0. The van der Waals surface area contributed by atoms with Crippen LogP contribution in [0.2, 0.25) is 0 Å². The molecule has 4 atom stereocenters. The van der Waals surface area contributed by atoms with Crippen molar-refractivity contribution in [3.8, 4) is 0 Å². The predicted octanol–water partition coefficient (Wildman–Crippen LogP) is 2.52. The van der Waals surface area contributed by atoms with Gasteiger partial charge in [-0.2, -0.15) is 0 Å². The summed E-state index contributed by atoms with van der Waals surface area (Å²) in [5.74, 6) is -5.63. The van der Waals surface area contributed by atoms with Crippen LogP contribution in [0.3, 0.4) is 0 Å². The molecule has 1 aliphatic heterocycles. The zero-order valence-electron chi connectivity index (χ0n) is 10.2. The number of hydrogen-bond donors (Lipinski definition) is 1. The number of imide groups is 1. The van der Waals surface area contributed by atoms with E-state index in [1.165, 1.54) is 0 Å². The molecule has 0 aromatic heterocycles. The van der Waals surface area contributed by atoms with Crippen LogP contribution in [0.25, 0.3) is 0 Å². The Kier molecular flexibility index (Phi) is 3.53. The van der Waals surface area contributed by atoms with Gasteiger partial charge in [0.2, 0.25) is 11.8 Å². The predicted molar refractivity (Wildman–Crippen MR) is 81.7 cm³/mol. The number of hydrogen-bond acceptors (Lipinski definition) is 3. The minimum Gasteiger partial charge on any atom is -0.480 e. The second-order valence-corrected chi connectivity index (χ2v) is 8.51. The minimum atomic E-state index is -2.01. The first-order valence-electron chi connectivity index (χ1n) is 5.82. The van der Waals surface area contributed by atoms with Gasteiger partial charge in [-0.3, -0.25) is 19.3 Å². The molecule has 2 aliphatic carbocycles. The molecule has 0 aromatic rings. The van der Waals surface area contributed by atoms with Crippen molar-refractivity contribution >= 4 is 87.4 Å². The zero-order valence-corrected chi connectivity index (χ0v) is 14.8. The monoisotopic (exact) mass is 425 g/mol. The van der Waals surface area contributed by atoms with E-state index in [9.17, 15) is 14.4 Å². The van der Waals surface area contributed by atoms with Crippen LogP contribution < -0.4 is 0 Å². The molecule has 0 aromatic carbocycles. The van der Waals surface area contributed by atoms with E-state index in [0.29, 0.717) is 4.90 Å². The summed E-state index contributed by atoms with van der Waals surface area (Å²) in [6.45, 7) is -0.822. The summed E-state index contributed by atoms with van der Waals surface area (Å²) >= 11 is 37.5. The summed E-state index contributed by atoms with van der Waals surface area (Å²) in [6.07, 6.45) is 0. The fraction of sp³-hybridized carbons (Fsp3) is 0.545. The lowest BCUT2D eigenvalue weighted by Gasteiger charge is -2.34. The van der Waals surface area contributed by atoms with E-state index < -0.39 is 50.2 Å². The van der Waals surface area contributed by atoms with Crippen molar-refractivity contribution in [3.05, 3.63) is 10.1 Å². The zero-order chi connectivity index (χ0) is 16.8. The van der Waals surface area contributed by atoms with Gasteiger partial charge in [-0.25, -0.2) is 0 Å². The number of likely N-dealkylation sites (tertiary alicyclic amines) is 1. The van der Waals surface area contributed by atoms with Crippen molar-refractivity contribution in [2.24, 2.45) is 11.8 Å². The third-order valence-corrected chi connectivity index (χ3v) is 8.55. The summed E-state index contributed by atoms with van der Waals surface area (Å²) in [5.41, 5.74) is 0. The molecule has 22 heavy (non-hydrogen) atoms. The van der Waals surface area contributed by atoms with Gasteiger partial charge in [-0.1, -0.05) is 46.4 Å². The Hall–Kier alpha value is 0.0900. The van der Waals surface area contributed by atoms with Gasteiger partial charge in [0.25, 0.3) is 0 Å². The quantitative estimate of drug-likeness (QED) is 0.543. The first-order chi connectivity index (χ1) is 9.94. The fourth-order valence-electron chi connectivity index (χ4n) is 3.34. The van der Waals surface area contributed by atoms with Gasteiger partial charge in [0.05, 0.1) is 21.9 Å². The first kappa shape index (κ1) is 16.9. The number of alkyl halides is 4. The molecule has 5 nitrogen and oxygen atoms in total. The Bertz CT molecular complexity index is 631. The maximum absolute atomic E-state index is 12.5. The highest BCUT2D eigenvalue weighted by Crippen LogP contribution is 2.77. The van der Waals surface area contributed by atoms with Crippen LogP contribution in [0.15, 0.2) is 10.1 Å². The lowest BCUT2D eigenvalue weighted by Crippen LogP contribution is -2.50. The number of allylic oxidation sites excluding steroid dienone is 2. The normalized spacial score (nSPS) is 42.4. The SMILES string of the molecule is O=C(O)CN1C(=O)[C@H]2[C@H](C1=O)[C@@]1(Cl)C(Cl)=C(Cl)[C@@]2(Cl)C1(Cl)Cl. The molecular formula is C11H5Cl6NO4. The van der Waals surface area contributed by atoms with E-state index in [2.05, 4.69) is 0 Å². The summed E-state index contributed by atoms with van der Waals surface area (Å²) in [7, 11) is 0. The van der Waals surface area contributed by atoms with E-state index in [-0.39, 0.29) is 10.1 Å². The highest BCUT2D eigenvalue weighted by Gasteiger charge is 2.87. The average molecular weight is 428 g/mol. The molecule has 2 fully saturated rings. The van der Waals surface area contributed by atoms with Gasteiger partial charge >= 0.3 is 5.97 Å². The number of carboxylic acids is 1. The Morgan fingerprint density at radius 3 is 1.68 bits per heavy atom. The number of carboxylic acid groups (broad SMARTS) is 1.